The highest BCUT2D eigenvalue weighted by atomic mass is 33.5. The van der Waals surface area contributed by atoms with E-state index in [1.807, 2.05) is 55.5 Å². The smallest absolute Gasteiger partial charge is 0.308 e. The molecule has 0 saturated heterocycles. The van der Waals surface area contributed by atoms with Crippen LogP contribution < -0.4 is 35.9 Å². The van der Waals surface area contributed by atoms with Crippen molar-refractivity contribution in [2.24, 2.45) is 0 Å². The van der Waals surface area contributed by atoms with Crippen molar-refractivity contribution in [2.45, 2.75) is 35.1 Å². The van der Waals surface area contributed by atoms with Crippen molar-refractivity contribution in [3.8, 4) is 17.2 Å². The average molecular weight is 1540 g/mol. The molecule has 0 radical (unpaired) electrons. The Balaban J connectivity index is 0.000000182. The Kier molecular flexibility index (Phi) is 27.2. The number of aryl methyl sites for hydroxylation is 1. The van der Waals surface area contributed by atoms with Crippen molar-refractivity contribution in [3.05, 3.63) is 144 Å². The molecule has 10 rings (SSSR count). The van der Waals surface area contributed by atoms with Crippen LogP contribution in [0.15, 0.2) is 116 Å². The van der Waals surface area contributed by atoms with E-state index >= 15 is 0 Å². The van der Waals surface area contributed by atoms with Crippen molar-refractivity contribution in [3.63, 3.8) is 0 Å². The molecule has 0 aliphatic carbocycles. The van der Waals surface area contributed by atoms with E-state index in [0.29, 0.717) is 54.3 Å². The predicted octanol–water partition coefficient (Wildman–Crippen LogP) is 9.71. The van der Waals surface area contributed by atoms with Gasteiger partial charge in [0, 0.05) is 269 Å². The van der Waals surface area contributed by atoms with Crippen molar-refractivity contribution in [2.75, 3.05) is 0 Å². The SMILES string of the molecule is C.CC(=O)Oc1c2ccccc2c(OC(C)=O)c2c1sc1c(C)c3ccccc3c(OC(C)=O)c12.O=c1c2ccccc2c(=O)c2c1sc1c(=O)c3ccccc3c(=O)c12.S=S=S=S=S=S=S=S=S=S=S=S=S=S=S=S=S=S=S=S=S=S. The number of rotatable bonds is 3. The lowest BCUT2D eigenvalue weighted by molar-refractivity contribution is -0.132. The van der Waals surface area contributed by atoms with Gasteiger partial charge in [-0.3, -0.25) is 33.6 Å². The van der Waals surface area contributed by atoms with Gasteiger partial charge in [-0.2, -0.15) is 0 Å². The van der Waals surface area contributed by atoms with E-state index in [0.717, 1.165) is 32.4 Å². The first-order valence-electron chi connectivity index (χ1n) is 21.8. The van der Waals surface area contributed by atoms with Gasteiger partial charge in [-0.1, -0.05) is 104 Å². The summed E-state index contributed by atoms with van der Waals surface area (Å²) in [5.74, 6) is -0.323. The monoisotopic (exact) mass is 1540 g/mol. The summed E-state index contributed by atoms with van der Waals surface area (Å²) in [4.78, 5) is 87.9. The molecule has 0 unspecified atom stereocenters. The Labute approximate surface area is 540 Å². The number of benzene rings is 8. The molecule has 10 nitrogen and oxygen atoms in total. The Morgan fingerprint density at radius 1 is 0.341 bits per heavy atom. The first kappa shape index (κ1) is 67.2. The van der Waals surface area contributed by atoms with Crippen LogP contribution in [0, 0.1) is 6.92 Å². The summed E-state index contributed by atoms with van der Waals surface area (Å²) in [5.41, 5.74) is -0.385. The van der Waals surface area contributed by atoms with Crippen molar-refractivity contribution >= 4 is 324 Å². The Bertz CT molecular complexity index is 5370. The molecule has 0 atom stereocenters. The van der Waals surface area contributed by atoms with Gasteiger partial charge >= 0.3 is 17.9 Å². The van der Waals surface area contributed by atoms with Crippen LogP contribution in [0.1, 0.15) is 33.8 Å². The number of hydrogen-bond acceptors (Lipinski definition) is 14. The topological polar surface area (TPSA) is 147 Å². The van der Waals surface area contributed by atoms with E-state index in [1.165, 1.54) is 49.9 Å². The van der Waals surface area contributed by atoms with Crippen LogP contribution in [0.5, 0.6) is 17.2 Å². The maximum Gasteiger partial charge on any atom is 0.308 e. The molecule has 8 aromatic carbocycles. The molecule has 428 valence electrons. The number of esters is 3. The fourth-order valence-corrected chi connectivity index (χ4v) is 60.0. The molecule has 0 spiro atoms. The molecule has 2 aromatic heterocycles. The van der Waals surface area contributed by atoms with Gasteiger partial charge in [0.05, 0.1) is 30.3 Å². The molecule has 0 N–H and O–H groups in total. The van der Waals surface area contributed by atoms with Crippen molar-refractivity contribution in [1.82, 2.24) is 0 Å². The Morgan fingerprint density at radius 3 is 0.939 bits per heavy atom. The molecule has 10 aromatic rings. The third-order valence-electron chi connectivity index (χ3n) is 10.8. The van der Waals surface area contributed by atoms with Crippen LogP contribution in [0.4, 0.5) is 0 Å². The minimum absolute atomic E-state index is 0. The maximum absolute atomic E-state index is 12.9. The fraction of sp³-hybridized carbons (Fsp3) is 0.104. The normalized spacial score (nSPS) is 10.3. The van der Waals surface area contributed by atoms with E-state index in [1.54, 1.807) is 208 Å². The summed E-state index contributed by atoms with van der Waals surface area (Å²) < 4.78 is 19.1. The number of thiophene rings is 2. The number of carbonyl (C=O) groups excluding carboxylic acids is 3. The lowest BCUT2D eigenvalue weighted by atomic mass is 9.97. The zero-order chi connectivity index (χ0) is 57.6. The standard InChI is InChI=1S/C27H20O6S.C20H8O4S.CH4.S22/c1-13-17-9-5-6-10-18(17)23(31-14(2)28)21-22-24(32-15(3)29)19-11-7-8-12-20(19)25(33-16(4)30)27(22)34-26(13)21;21-15-9-5-1-3-7-11(9)17(23)19-13(15)14-16(22)10-6-2-4-8-12(10)18(24)20(14)25-19;;1-3-5-7-9-11-13-15-17-19-21-22-20-18-16-14-12-10-8-6-4-2/h5-12H,1-4H3;1-8H;1H4;. The number of hydrogen-bond donors (Lipinski definition) is 0. The molecule has 0 aliphatic rings. The van der Waals surface area contributed by atoms with Crippen molar-refractivity contribution in [1.29, 1.82) is 0 Å². The quantitative estimate of drug-likeness (QED) is 0.123. The second-order valence-electron chi connectivity index (χ2n) is 15.3. The van der Waals surface area contributed by atoms with Gasteiger partial charge in [0.15, 0.2) is 16.6 Å². The molecule has 0 bridgehead atoms. The number of ether oxygens (including phenoxy) is 3. The number of carbonyl (C=O) groups is 3. The zero-order valence-corrected chi connectivity index (χ0v) is 60.2. The van der Waals surface area contributed by atoms with Gasteiger partial charge in [0.2, 0.25) is 10.9 Å². The third kappa shape index (κ3) is 16.1. The van der Waals surface area contributed by atoms with Crippen LogP contribution in [-0.2, 0) is 214 Å². The summed E-state index contributed by atoms with van der Waals surface area (Å²) in [6, 6.07) is 28.0. The van der Waals surface area contributed by atoms with Crippen LogP contribution in [0.3, 0.4) is 0 Å². The van der Waals surface area contributed by atoms with Crippen LogP contribution in [0.2, 0.25) is 0 Å². The largest absolute Gasteiger partial charge is 0.425 e. The molecule has 0 fully saturated rings. The average Bonchev–Trinajstić information content (AvgIpc) is 1.83. The summed E-state index contributed by atoms with van der Waals surface area (Å²) in [6.45, 7) is 6.02. The molecule has 0 aliphatic heterocycles. The summed E-state index contributed by atoms with van der Waals surface area (Å²) >= 11 is 11.9. The van der Waals surface area contributed by atoms with E-state index in [2.05, 4.69) is 0 Å². The van der Waals surface area contributed by atoms with Gasteiger partial charge in [-0.05, 0) is 17.9 Å². The summed E-state index contributed by atoms with van der Waals surface area (Å²) in [5, 5.41) is 5.50. The molecule has 82 heavy (non-hydrogen) atoms. The van der Waals surface area contributed by atoms with Gasteiger partial charge in [-0.25, -0.2) is 0 Å². The second-order valence-corrected chi connectivity index (χ2v) is 52.7. The first-order chi connectivity index (χ1) is 39.3. The fourth-order valence-electron chi connectivity index (χ4n) is 8.09. The molecule has 34 heteroatoms. The molecular weight excluding hydrogens is 1510 g/mol. The maximum atomic E-state index is 12.9. The minimum Gasteiger partial charge on any atom is -0.425 e. The van der Waals surface area contributed by atoms with Gasteiger partial charge in [0.1, 0.15) is 11.5 Å². The molecule has 2 heterocycles. The van der Waals surface area contributed by atoms with E-state index in [4.69, 9.17) is 36.6 Å². The Hall–Kier alpha value is -2.31. The van der Waals surface area contributed by atoms with Gasteiger partial charge in [-0.15, -0.1) is 22.7 Å². The molecule has 0 amide bonds. The van der Waals surface area contributed by atoms with Crippen LogP contribution >= 0.6 is 22.7 Å². The van der Waals surface area contributed by atoms with Gasteiger partial charge < -0.3 is 14.2 Å². The summed E-state index contributed by atoms with van der Waals surface area (Å²) in [7, 11) is 34.5. The van der Waals surface area contributed by atoms with E-state index in [-0.39, 0.29) is 60.1 Å². The summed E-state index contributed by atoms with van der Waals surface area (Å²) in [6.07, 6.45) is 0. The van der Waals surface area contributed by atoms with E-state index < -0.39 is 17.9 Å². The lowest BCUT2D eigenvalue weighted by Crippen LogP contribution is -2.14. The first-order valence-corrected chi connectivity index (χ1v) is 51.4. The lowest BCUT2D eigenvalue weighted by Gasteiger charge is -2.15. The Morgan fingerprint density at radius 2 is 0.598 bits per heavy atom. The highest BCUT2D eigenvalue weighted by Gasteiger charge is 2.28. The van der Waals surface area contributed by atoms with E-state index in [9.17, 15) is 33.6 Å². The third-order valence-corrected chi connectivity index (χ3v) is 55.5. The highest BCUT2D eigenvalue weighted by molar-refractivity contribution is 8.78. The van der Waals surface area contributed by atoms with Crippen LogP contribution in [-0.4, -0.2) is 17.9 Å². The molecule has 0 saturated carbocycles. The van der Waals surface area contributed by atoms with Crippen LogP contribution in [0.25, 0.3) is 83.4 Å². The van der Waals surface area contributed by atoms with Gasteiger partial charge in [0.25, 0.3) is 0 Å². The molecular formula is C48H32O10S24. The zero-order valence-electron chi connectivity index (χ0n) is 40.6. The second kappa shape index (κ2) is 33.2. The highest BCUT2D eigenvalue weighted by Crippen LogP contribution is 2.54. The van der Waals surface area contributed by atoms with Crippen molar-refractivity contribution < 1.29 is 28.6 Å². The number of fused-ring (bicyclic) bond motifs is 10. The minimum atomic E-state index is -0.488. The predicted molar refractivity (Wildman–Crippen MR) is 404 cm³/mol.